The van der Waals surface area contributed by atoms with Crippen molar-refractivity contribution >= 4 is 15.7 Å². The van der Waals surface area contributed by atoms with Crippen LogP contribution in [0.2, 0.25) is 0 Å². The molecule has 2 aromatic rings. The Morgan fingerprint density at radius 3 is 2.30 bits per heavy atom. The van der Waals surface area contributed by atoms with Crippen LogP contribution in [0.1, 0.15) is 19.5 Å². The van der Waals surface area contributed by atoms with Gasteiger partial charge in [-0.3, -0.25) is 0 Å². The molecule has 0 bridgehead atoms. The highest BCUT2D eigenvalue weighted by atomic mass is 32.2. The van der Waals surface area contributed by atoms with Crippen molar-refractivity contribution in [2.45, 2.75) is 18.6 Å². The van der Waals surface area contributed by atoms with Crippen molar-refractivity contribution in [3.8, 4) is 11.1 Å². The van der Waals surface area contributed by atoms with E-state index in [2.05, 4.69) is 5.16 Å². The molecule has 0 amide bonds. The van der Waals surface area contributed by atoms with Crippen molar-refractivity contribution < 1.29 is 17.3 Å². The van der Waals surface area contributed by atoms with E-state index in [0.29, 0.717) is 11.1 Å². The largest absolute Gasteiger partial charge is 0.367 e. The first-order valence-corrected chi connectivity index (χ1v) is 7.75. The minimum absolute atomic E-state index is 0.00309. The monoisotopic (exact) mass is 298 g/mol. The first-order valence-electron chi connectivity index (χ1n) is 5.86. The molecule has 0 fully saturated rings. The van der Waals surface area contributed by atoms with Gasteiger partial charge in [0.1, 0.15) is 16.3 Å². The van der Waals surface area contributed by atoms with E-state index in [1.54, 1.807) is 0 Å². The lowest BCUT2D eigenvalue weighted by Crippen LogP contribution is -2.29. The highest BCUT2D eigenvalue weighted by Gasteiger charge is 2.39. The van der Waals surface area contributed by atoms with Crippen LogP contribution in [0.25, 0.3) is 11.1 Å². The average Bonchev–Trinajstić information content (AvgIpc) is 2.71. The van der Waals surface area contributed by atoms with Crippen LogP contribution in [-0.4, -0.2) is 19.8 Å². The SMILES string of the molecule is CC(C)(c1noc(N)c1-c1ccc(F)cc1)S(C)(=O)=O. The molecule has 1 heterocycles. The molecule has 0 aliphatic carbocycles. The van der Waals surface area contributed by atoms with Crippen molar-refractivity contribution in [1.82, 2.24) is 5.16 Å². The van der Waals surface area contributed by atoms with Gasteiger partial charge in [0.25, 0.3) is 0 Å². The fourth-order valence-corrected chi connectivity index (χ4v) is 2.28. The summed E-state index contributed by atoms with van der Waals surface area (Å²) in [5.74, 6) is -0.393. The van der Waals surface area contributed by atoms with Crippen LogP contribution < -0.4 is 5.73 Å². The Morgan fingerprint density at radius 1 is 1.25 bits per heavy atom. The lowest BCUT2D eigenvalue weighted by Gasteiger charge is -2.20. The quantitative estimate of drug-likeness (QED) is 0.940. The van der Waals surface area contributed by atoms with Gasteiger partial charge in [-0.1, -0.05) is 17.3 Å². The van der Waals surface area contributed by atoms with E-state index >= 15 is 0 Å². The Bertz CT molecular complexity index is 733. The summed E-state index contributed by atoms with van der Waals surface area (Å²) in [6.45, 7) is 3.04. The summed E-state index contributed by atoms with van der Waals surface area (Å²) in [6, 6.07) is 5.53. The fraction of sp³-hybridized carbons (Fsp3) is 0.308. The van der Waals surface area contributed by atoms with Gasteiger partial charge in [-0.05, 0) is 31.5 Å². The number of benzene rings is 1. The van der Waals surface area contributed by atoms with Crippen LogP contribution in [-0.2, 0) is 14.6 Å². The third-order valence-electron chi connectivity index (χ3n) is 3.35. The van der Waals surface area contributed by atoms with E-state index in [0.717, 1.165) is 6.26 Å². The number of hydrogen-bond acceptors (Lipinski definition) is 5. The molecule has 0 radical (unpaired) electrons. The number of anilines is 1. The van der Waals surface area contributed by atoms with Gasteiger partial charge in [-0.2, -0.15) is 0 Å². The van der Waals surface area contributed by atoms with Crippen molar-refractivity contribution in [2.75, 3.05) is 12.0 Å². The second-order valence-corrected chi connectivity index (χ2v) is 7.62. The zero-order valence-corrected chi connectivity index (χ0v) is 12.2. The molecule has 1 aromatic carbocycles. The number of halogens is 1. The molecule has 0 atom stereocenters. The Hall–Kier alpha value is -1.89. The number of aromatic nitrogens is 1. The van der Waals surface area contributed by atoms with Gasteiger partial charge < -0.3 is 10.3 Å². The minimum atomic E-state index is -3.43. The van der Waals surface area contributed by atoms with Gasteiger partial charge in [0.2, 0.25) is 5.88 Å². The smallest absolute Gasteiger partial charge is 0.230 e. The lowest BCUT2D eigenvalue weighted by molar-refractivity contribution is 0.417. The predicted octanol–water partition coefficient (Wildman–Crippen LogP) is 2.34. The molecule has 0 aliphatic heterocycles. The Morgan fingerprint density at radius 2 is 1.80 bits per heavy atom. The minimum Gasteiger partial charge on any atom is -0.367 e. The Labute approximate surface area is 116 Å². The number of nitrogen functional groups attached to an aromatic ring is 1. The highest BCUT2D eigenvalue weighted by molar-refractivity contribution is 7.91. The number of nitrogens with two attached hydrogens (primary N) is 1. The van der Waals surface area contributed by atoms with E-state index in [-0.39, 0.29) is 11.6 Å². The molecule has 1 aromatic heterocycles. The standard InChI is InChI=1S/C13H15FN2O3S/c1-13(2,20(3,17)18)11-10(12(15)19-16-11)8-4-6-9(14)7-5-8/h4-7H,15H2,1-3H3. The second kappa shape index (κ2) is 4.59. The molecule has 7 heteroatoms. The van der Waals surface area contributed by atoms with Crippen LogP contribution in [0.4, 0.5) is 10.3 Å². The van der Waals surface area contributed by atoms with E-state index in [9.17, 15) is 12.8 Å². The number of hydrogen-bond donors (Lipinski definition) is 1. The second-order valence-electron chi connectivity index (χ2n) is 5.06. The molecule has 5 nitrogen and oxygen atoms in total. The molecule has 2 N–H and O–H groups in total. The van der Waals surface area contributed by atoms with Crippen molar-refractivity contribution in [3.05, 3.63) is 35.8 Å². The van der Waals surface area contributed by atoms with Gasteiger partial charge in [-0.15, -0.1) is 0 Å². The van der Waals surface area contributed by atoms with Crippen LogP contribution in [0.15, 0.2) is 28.8 Å². The zero-order chi connectivity index (χ0) is 15.1. The zero-order valence-electron chi connectivity index (χ0n) is 11.3. The van der Waals surface area contributed by atoms with Gasteiger partial charge in [0, 0.05) is 6.26 Å². The van der Waals surface area contributed by atoms with E-state index < -0.39 is 20.4 Å². The van der Waals surface area contributed by atoms with E-state index in [1.807, 2.05) is 0 Å². The molecule has 0 spiro atoms. The summed E-state index contributed by atoms with van der Waals surface area (Å²) >= 11 is 0. The van der Waals surface area contributed by atoms with Crippen LogP contribution in [0.5, 0.6) is 0 Å². The Balaban J connectivity index is 2.68. The number of nitrogens with zero attached hydrogens (tertiary/aromatic N) is 1. The molecular formula is C13H15FN2O3S. The molecule has 2 rings (SSSR count). The molecule has 0 aliphatic rings. The van der Waals surface area contributed by atoms with Gasteiger partial charge in [0.05, 0.1) is 5.56 Å². The summed E-state index contributed by atoms with van der Waals surface area (Å²) in [5, 5.41) is 3.78. The fourth-order valence-electron chi connectivity index (χ4n) is 1.78. The molecule has 0 unspecified atom stereocenters. The first-order chi connectivity index (χ1) is 9.14. The molecule has 20 heavy (non-hydrogen) atoms. The maximum atomic E-state index is 13.0. The lowest BCUT2D eigenvalue weighted by atomic mass is 9.98. The summed E-state index contributed by atoms with van der Waals surface area (Å²) in [6.07, 6.45) is 1.12. The third-order valence-corrected chi connectivity index (χ3v) is 5.40. The molecule has 0 saturated carbocycles. The van der Waals surface area contributed by atoms with Crippen LogP contribution in [0, 0.1) is 5.82 Å². The number of sulfone groups is 1. The first kappa shape index (κ1) is 14.5. The van der Waals surface area contributed by atoms with E-state index in [4.69, 9.17) is 10.3 Å². The van der Waals surface area contributed by atoms with Gasteiger partial charge in [0.15, 0.2) is 9.84 Å². The van der Waals surface area contributed by atoms with Crippen LogP contribution >= 0.6 is 0 Å². The third kappa shape index (κ3) is 2.29. The van der Waals surface area contributed by atoms with Gasteiger partial charge in [-0.25, -0.2) is 12.8 Å². The summed E-state index contributed by atoms with van der Waals surface area (Å²) in [7, 11) is -3.43. The average molecular weight is 298 g/mol. The maximum absolute atomic E-state index is 13.0. The molecule has 0 saturated heterocycles. The predicted molar refractivity (Wildman–Crippen MR) is 74.2 cm³/mol. The Kier molecular flexibility index (Phi) is 3.33. The molecule has 108 valence electrons. The summed E-state index contributed by atoms with van der Waals surface area (Å²) < 4.78 is 40.5. The normalized spacial score (nSPS) is 12.6. The van der Waals surface area contributed by atoms with Crippen LogP contribution in [0.3, 0.4) is 0 Å². The topological polar surface area (TPSA) is 86.2 Å². The van der Waals surface area contributed by atoms with Crippen molar-refractivity contribution in [1.29, 1.82) is 0 Å². The van der Waals surface area contributed by atoms with Crippen molar-refractivity contribution in [3.63, 3.8) is 0 Å². The molecular weight excluding hydrogens is 283 g/mol. The van der Waals surface area contributed by atoms with Crippen molar-refractivity contribution in [2.24, 2.45) is 0 Å². The summed E-state index contributed by atoms with van der Waals surface area (Å²) in [4.78, 5) is 0. The summed E-state index contributed by atoms with van der Waals surface area (Å²) in [5.41, 5.74) is 6.87. The van der Waals surface area contributed by atoms with Gasteiger partial charge >= 0.3 is 0 Å². The highest BCUT2D eigenvalue weighted by Crippen LogP contribution is 2.39. The maximum Gasteiger partial charge on any atom is 0.230 e. The number of rotatable bonds is 3. The van der Waals surface area contributed by atoms with E-state index in [1.165, 1.54) is 38.1 Å².